The predicted octanol–water partition coefficient (Wildman–Crippen LogP) is -0.730. The third-order valence-corrected chi connectivity index (χ3v) is 3.11. The first-order valence-electron chi connectivity index (χ1n) is 6.28. The minimum Gasteiger partial charge on any atom is -0.393 e. The Morgan fingerprint density at radius 3 is 3.17 bits per heavy atom. The molecule has 1 aromatic rings. The molecule has 0 aromatic carbocycles. The molecule has 100 valence electrons. The molecule has 0 bridgehead atoms. The summed E-state index contributed by atoms with van der Waals surface area (Å²) in [4.78, 5) is 11.9. The highest BCUT2D eigenvalue weighted by atomic mass is 16.3. The molecule has 18 heavy (non-hydrogen) atoms. The van der Waals surface area contributed by atoms with Crippen LogP contribution in [0.4, 0.5) is 0 Å². The van der Waals surface area contributed by atoms with Crippen molar-refractivity contribution in [2.45, 2.75) is 44.4 Å². The Hall–Kier alpha value is -1.47. The Bertz CT molecular complexity index is 406. The molecular weight excluding hydrogens is 234 g/mol. The molecule has 1 saturated carbocycles. The second-order valence-electron chi connectivity index (χ2n) is 4.65. The van der Waals surface area contributed by atoms with E-state index in [9.17, 15) is 9.90 Å². The molecule has 7 heteroatoms. The number of carbonyl (C=O) groups is 1. The smallest absolute Gasteiger partial charge is 0.273 e. The Balaban J connectivity index is 1.90. The van der Waals surface area contributed by atoms with Crippen molar-refractivity contribution in [3.8, 4) is 0 Å². The average molecular weight is 253 g/mol. The van der Waals surface area contributed by atoms with Crippen molar-refractivity contribution < 1.29 is 9.90 Å². The van der Waals surface area contributed by atoms with Gasteiger partial charge in [0.1, 0.15) is 0 Å². The maximum atomic E-state index is 11.9. The summed E-state index contributed by atoms with van der Waals surface area (Å²) in [7, 11) is 0. The van der Waals surface area contributed by atoms with Gasteiger partial charge in [-0.15, -0.1) is 5.10 Å². The van der Waals surface area contributed by atoms with Gasteiger partial charge in [-0.25, -0.2) is 0 Å². The molecule has 0 saturated heterocycles. The molecule has 7 nitrogen and oxygen atoms in total. The van der Waals surface area contributed by atoms with Gasteiger partial charge in [-0.1, -0.05) is 5.21 Å². The van der Waals surface area contributed by atoms with Gasteiger partial charge in [0.15, 0.2) is 5.69 Å². The number of nitrogens with two attached hydrogens (primary N) is 1. The Kier molecular flexibility index (Phi) is 4.27. The third-order valence-electron chi connectivity index (χ3n) is 3.11. The van der Waals surface area contributed by atoms with Gasteiger partial charge in [0.25, 0.3) is 5.91 Å². The van der Waals surface area contributed by atoms with E-state index in [1.54, 1.807) is 10.9 Å². The van der Waals surface area contributed by atoms with Crippen molar-refractivity contribution in [1.29, 1.82) is 0 Å². The van der Waals surface area contributed by atoms with E-state index in [4.69, 9.17) is 5.73 Å². The third kappa shape index (κ3) is 3.27. The largest absolute Gasteiger partial charge is 0.393 e. The van der Waals surface area contributed by atoms with Gasteiger partial charge in [0.2, 0.25) is 0 Å². The van der Waals surface area contributed by atoms with Crippen LogP contribution in [0.1, 0.15) is 36.2 Å². The maximum absolute atomic E-state index is 11.9. The number of aliphatic hydroxyl groups is 1. The van der Waals surface area contributed by atoms with E-state index in [1.807, 2.05) is 0 Å². The van der Waals surface area contributed by atoms with E-state index in [0.717, 1.165) is 19.3 Å². The van der Waals surface area contributed by atoms with Crippen LogP contribution in [0.25, 0.3) is 0 Å². The number of aliphatic hydroxyl groups excluding tert-OH is 1. The van der Waals surface area contributed by atoms with Crippen LogP contribution in [0.3, 0.4) is 0 Å². The molecular formula is C11H19N5O2. The number of nitrogens with one attached hydrogen (secondary N) is 1. The number of rotatable bonds is 4. The molecule has 2 rings (SSSR count). The summed E-state index contributed by atoms with van der Waals surface area (Å²) >= 11 is 0. The minimum absolute atomic E-state index is 0.0286. The average Bonchev–Trinajstić information content (AvgIpc) is 2.78. The van der Waals surface area contributed by atoms with E-state index in [1.165, 1.54) is 0 Å². The van der Waals surface area contributed by atoms with E-state index >= 15 is 0 Å². The highest BCUT2D eigenvalue weighted by Gasteiger charge is 2.22. The highest BCUT2D eigenvalue weighted by molar-refractivity contribution is 5.92. The van der Waals surface area contributed by atoms with Crippen molar-refractivity contribution >= 4 is 5.91 Å². The lowest BCUT2D eigenvalue weighted by atomic mass is 9.93. The van der Waals surface area contributed by atoms with Crippen LogP contribution < -0.4 is 11.1 Å². The summed E-state index contributed by atoms with van der Waals surface area (Å²) in [5.74, 6) is -0.239. The fourth-order valence-electron chi connectivity index (χ4n) is 2.20. The molecule has 0 spiro atoms. The van der Waals surface area contributed by atoms with E-state index in [2.05, 4.69) is 15.6 Å². The Morgan fingerprint density at radius 2 is 2.44 bits per heavy atom. The Morgan fingerprint density at radius 1 is 1.61 bits per heavy atom. The SMILES string of the molecule is NCCn1cc(C(=O)NC2CCCC(O)C2)nn1. The molecule has 4 N–H and O–H groups in total. The monoisotopic (exact) mass is 253 g/mol. The quantitative estimate of drug-likeness (QED) is 0.656. The number of hydrogen-bond acceptors (Lipinski definition) is 5. The summed E-state index contributed by atoms with van der Waals surface area (Å²) in [6.07, 6.45) is 4.55. The van der Waals surface area contributed by atoms with E-state index in [0.29, 0.717) is 25.2 Å². The van der Waals surface area contributed by atoms with Crippen LogP contribution in [0.2, 0.25) is 0 Å². The van der Waals surface area contributed by atoms with Gasteiger partial charge in [-0.05, 0) is 25.7 Å². The summed E-state index contributed by atoms with van der Waals surface area (Å²) < 4.78 is 1.55. The Labute approximate surface area is 105 Å². The predicted molar refractivity (Wildman–Crippen MR) is 64.8 cm³/mol. The van der Waals surface area contributed by atoms with Crippen molar-refractivity contribution in [2.24, 2.45) is 5.73 Å². The second kappa shape index (κ2) is 5.92. The first kappa shape index (κ1) is 13.0. The molecule has 1 aliphatic rings. The number of carbonyl (C=O) groups excluding carboxylic acids is 1. The standard InChI is InChI=1S/C11H19N5O2/c12-4-5-16-7-10(14-15-16)11(18)13-8-2-1-3-9(17)6-8/h7-9,17H,1-6,12H2,(H,13,18). The van der Waals surface area contributed by atoms with Crippen LogP contribution >= 0.6 is 0 Å². The molecule has 2 atom stereocenters. The van der Waals surface area contributed by atoms with E-state index in [-0.39, 0.29) is 18.1 Å². The van der Waals surface area contributed by atoms with Gasteiger partial charge in [-0.2, -0.15) is 0 Å². The number of hydrogen-bond donors (Lipinski definition) is 3. The zero-order valence-electron chi connectivity index (χ0n) is 10.2. The number of nitrogens with zero attached hydrogens (tertiary/aromatic N) is 3. The zero-order valence-corrected chi connectivity index (χ0v) is 10.2. The van der Waals surface area contributed by atoms with Crippen LogP contribution in [-0.4, -0.2) is 44.7 Å². The van der Waals surface area contributed by atoms with Crippen LogP contribution in [-0.2, 0) is 6.54 Å². The lowest BCUT2D eigenvalue weighted by Gasteiger charge is -2.26. The van der Waals surface area contributed by atoms with Gasteiger partial charge in [-0.3, -0.25) is 9.48 Å². The molecule has 1 heterocycles. The summed E-state index contributed by atoms with van der Waals surface area (Å²) in [6.45, 7) is 1.00. The lowest BCUT2D eigenvalue weighted by Crippen LogP contribution is -2.39. The van der Waals surface area contributed by atoms with Gasteiger partial charge < -0.3 is 16.2 Å². The summed E-state index contributed by atoms with van der Waals surface area (Å²) in [5, 5.41) is 20.0. The van der Waals surface area contributed by atoms with Crippen LogP contribution in [0.5, 0.6) is 0 Å². The fourth-order valence-corrected chi connectivity index (χ4v) is 2.20. The molecule has 2 unspecified atom stereocenters. The molecule has 1 fully saturated rings. The zero-order chi connectivity index (χ0) is 13.0. The molecule has 1 aliphatic carbocycles. The molecule has 1 amide bonds. The summed E-state index contributed by atoms with van der Waals surface area (Å²) in [6, 6.07) is 0.0286. The topological polar surface area (TPSA) is 106 Å². The minimum atomic E-state index is -0.308. The first-order chi connectivity index (χ1) is 8.69. The second-order valence-corrected chi connectivity index (χ2v) is 4.65. The van der Waals surface area contributed by atoms with Gasteiger partial charge in [0.05, 0.1) is 18.8 Å². The van der Waals surface area contributed by atoms with Crippen molar-refractivity contribution in [3.63, 3.8) is 0 Å². The fraction of sp³-hybridized carbons (Fsp3) is 0.727. The van der Waals surface area contributed by atoms with Gasteiger partial charge >= 0.3 is 0 Å². The molecule has 0 radical (unpaired) electrons. The van der Waals surface area contributed by atoms with Gasteiger partial charge in [0, 0.05) is 12.6 Å². The molecule has 1 aromatic heterocycles. The lowest BCUT2D eigenvalue weighted by molar-refractivity contribution is 0.0845. The van der Waals surface area contributed by atoms with Crippen LogP contribution in [0, 0.1) is 0 Å². The normalized spacial score (nSPS) is 23.9. The van der Waals surface area contributed by atoms with Crippen molar-refractivity contribution in [2.75, 3.05) is 6.54 Å². The number of amides is 1. The highest BCUT2D eigenvalue weighted by Crippen LogP contribution is 2.18. The maximum Gasteiger partial charge on any atom is 0.273 e. The summed E-state index contributed by atoms with van der Waals surface area (Å²) in [5.41, 5.74) is 5.69. The van der Waals surface area contributed by atoms with Crippen molar-refractivity contribution in [3.05, 3.63) is 11.9 Å². The van der Waals surface area contributed by atoms with Crippen LogP contribution in [0.15, 0.2) is 6.20 Å². The first-order valence-corrected chi connectivity index (χ1v) is 6.28. The number of aromatic nitrogens is 3. The van der Waals surface area contributed by atoms with E-state index < -0.39 is 0 Å². The molecule has 0 aliphatic heterocycles. The van der Waals surface area contributed by atoms with Crippen molar-refractivity contribution in [1.82, 2.24) is 20.3 Å².